The molecule has 3 aliphatic rings. The highest BCUT2D eigenvalue weighted by Gasteiger charge is 2.53. The van der Waals surface area contributed by atoms with Gasteiger partial charge in [0.15, 0.2) is 5.72 Å². The maximum atomic E-state index is 12.2. The average Bonchev–Trinajstić information content (AvgIpc) is 3.11. The quantitative estimate of drug-likeness (QED) is 0.345. The zero-order chi connectivity index (χ0) is 22.3. The lowest BCUT2D eigenvalue weighted by atomic mass is 9.93. The van der Waals surface area contributed by atoms with Crippen LogP contribution in [0.15, 0.2) is 11.3 Å². The van der Waals surface area contributed by atoms with Gasteiger partial charge in [-0.1, -0.05) is 32.6 Å². The van der Waals surface area contributed by atoms with Gasteiger partial charge in [0.2, 0.25) is 0 Å². The van der Waals surface area contributed by atoms with Crippen LogP contribution in [-0.2, 0) is 19.1 Å². The molecule has 0 amide bonds. The van der Waals surface area contributed by atoms with Crippen LogP contribution in [0.4, 0.5) is 0 Å². The molecule has 1 saturated heterocycles. The normalized spacial score (nSPS) is 26.8. The summed E-state index contributed by atoms with van der Waals surface area (Å²) in [4.78, 5) is 21.1. The van der Waals surface area contributed by atoms with Gasteiger partial charge in [0.05, 0.1) is 18.8 Å². The van der Waals surface area contributed by atoms with E-state index in [0.717, 1.165) is 49.8 Å². The Morgan fingerprint density at radius 2 is 1.87 bits per heavy atom. The molecule has 0 unspecified atom stereocenters. The molecule has 170 valence electrons. The van der Waals surface area contributed by atoms with Gasteiger partial charge in [-0.25, -0.2) is 15.4 Å². The molecule has 0 aromatic rings. The summed E-state index contributed by atoms with van der Waals surface area (Å²) < 4.78 is 13.4. The Morgan fingerprint density at radius 3 is 2.47 bits per heavy atom. The minimum atomic E-state index is -1.08. The van der Waals surface area contributed by atoms with Crippen molar-refractivity contribution in [2.75, 3.05) is 14.2 Å². The van der Waals surface area contributed by atoms with Gasteiger partial charge in [-0.05, 0) is 33.1 Å². The summed E-state index contributed by atoms with van der Waals surface area (Å²) in [6, 6.07) is 0.503. The van der Waals surface area contributed by atoms with E-state index in [4.69, 9.17) is 19.4 Å². The largest absolute Gasteiger partial charge is 0.550 e. The molecule has 2 N–H and O–H groups in total. The van der Waals surface area contributed by atoms with Crippen LogP contribution < -0.4 is 15.7 Å². The summed E-state index contributed by atoms with van der Waals surface area (Å²) in [5.74, 6) is -0.316. The fourth-order valence-electron chi connectivity index (χ4n) is 4.82. The number of hydrogen-bond donors (Lipinski definition) is 2. The minimum absolute atomic E-state index is 0.107. The first kappa shape index (κ1) is 24.2. The number of rotatable bonds is 8. The lowest BCUT2D eigenvalue weighted by Crippen LogP contribution is -2.65. The van der Waals surface area contributed by atoms with Crippen LogP contribution in [0.25, 0.3) is 0 Å². The van der Waals surface area contributed by atoms with Gasteiger partial charge in [0.1, 0.15) is 11.6 Å². The van der Waals surface area contributed by atoms with Crippen LogP contribution >= 0.6 is 0 Å². The van der Waals surface area contributed by atoms with Crippen LogP contribution in [-0.4, -0.2) is 54.5 Å². The third-order valence-electron chi connectivity index (χ3n) is 6.20. The monoisotopic (exact) mass is 423 g/mol. The van der Waals surface area contributed by atoms with E-state index >= 15 is 0 Å². The van der Waals surface area contributed by atoms with Gasteiger partial charge in [-0.2, -0.15) is 0 Å². The molecule has 0 saturated carbocycles. The number of esters is 1. The Kier molecular flexibility index (Phi) is 8.70. The molecule has 0 aliphatic carbocycles. The van der Waals surface area contributed by atoms with E-state index in [9.17, 15) is 4.79 Å². The predicted molar refractivity (Wildman–Crippen MR) is 111 cm³/mol. The molecule has 1 fully saturated rings. The highest BCUT2D eigenvalue weighted by Crippen LogP contribution is 2.37. The highest BCUT2D eigenvalue weighted by atomic mass is 16.5. The molecule has 3 aliphatic heterocycles. The number of nitrogens with zero attached hydrogens (tertiary/aromatic N) is 1. The van der Waals surface area contributed by atoms with Crippen molar-refractivity contribution in [3.05, 3.63) is 11.3 Å². The Bertz CT molecular complexity index is 699. The third kappa shape index (κ3) is 5.53. The van der Waals surface area contributed by atoms with Gasteiger partial charge in [0.25, 0.3) is 0 Å². The number of unbranched alkanes of at least 4 members (excludes halogenated alkanes) is 4. The van der Waals surface area contributed by atoms with Crippen molar-refractivity contribution in [3.63, 3.8) is 0 Å². The van der Waals surface area contributed by atoms with Crippen LogP contribution in [0.5, 0.6) is 0 Å². The average molecular weight is 424 g/mol. The zero-order valence-corrected chi connectivity index (χ0v) is 19.0. The first-order valence-corrected chi connectivity index (χ1v) is 11.0. The van der Waals surface area contributed by atoms with E-state index in [1.54, 1.807) is 0 Å². The molecule has 0 spiro atoms. The second kappa shape index (κ2) is 10.8. The standard InChI is InChI=1S/C20H33N3O3.C2H4O2/c1-5-6-7-8-9-12-20(26-4)13-15-10-11-16-17(18(24)25-3)14(2)21-19(22-20)23(15)16;1-2(3)4/h15-16H,5-13H2,1-4H3,(H,21,22,24);1H3,(H,3,4)/t15-,16+,20-;/m1./s1. The van der Waals surface area contributed by atoms with E-state index in [-0.39, 0.29) is 17.7 Å². The smallest absolute Gasteiger partial charge is 0.353 e. The van der Waals surface area contributed by atoms with Crippen molar-refractivity contribution in [1.29, 1.82) is 0 Å². The molecular formula is C22H37N3O5. The van der Waals surface area contributed by atoms with E-state index in [2.05, 4.69) is 22.1 Å². The van der Waals surface area contributed by atoms with Gasteiger partial charge in [0, 0.05) is 25.9 Å². The molecule has 30 heavy (non-hydrogen) atoms. The summed E-state index contributed by atoms with van der Waals surface area (Å²) in [5, 5.41) is 15.9. The summed E-state index contributed by atoms with van der Waals surface area (Å²) in [5.41, 5.74) is 1.34. The summed E-state index contributed by atoms with van der Waals surface area (Å²) in [6.07, 6.45) is 10.3. The maximum Gasteiger partial charge on any atom is 0.353 e. The number of methoxy groups -OCH3 is 2. The Hall–Kier alpha value is -2.09. The SMILES string of the molecule is CC(=O)[O-].CCCCCCC[C@@]1(OC)C[C@H]2CC[C@H]3C(C(=O)OC)=C(C)NC(=[N+]23)N1. The number of aliphatic carboxylic acids is 1. The molecule has 3 atom stereocenters. The first-order valence-electron chi connectivity index (χ1n) is 11.0. The molecular weight excluding hydrogens is 386 g/mol. The van der Waals surface area contributed by atoms with Crippen molar-refractivity contribution < 1.29 is 28.7 Å². The third-order valence-corrected chi connectivity index (χ3v) is 6.20. The van der Waals surface area contributed by atoms with Crippen molar-refractivity contribution in [2.24, 2.45) is 0 Å². The molecule has 0 bridgehead atoms. The van der Waals surface area contributed by atoms with E-state index < -0.39 is 5.97 Å². The number of carboxylic acids is 1. The number of allylic oxidation sites excluding steroid dienone is 1. The molecule has 0 radical (unpaired) electrons. The highest BCUT2D eigenvalue weighted by molar-refractivity contribution is 5.93. The fourth-order valence-corrected chi connectivity index (χ4v) is 4.82. The maximum absolute atomic E-state index is 12.2. The lowest BCUT2D eigenvalue weighted by molar-refractivity contribution is -0.585. The Morgan fingerprint density at radius 1 is 1.20 bits per heavy atom. The number of carbonyl (C=O) groups excluding carboxylic acids is 2. The number of carbonyl (C=O) groups is 2. The van der Waals surface area contributed by atoms with Crippen LogP contribution in [0.1, 0.15) is 78.6 Å². The van der Waals surface area contributed by atoms with Crippen molar-refractivity contribution in [1.82, 2.24) is 10.6 Å². The number of carboxylic acid groups (broad SMARTS) is 1. The summed E-state index contributed by atoms with van der Waals surface area (Å²) >= 11 is 0. The Balaban J connectivity index is 0.000000735. The van der Waals surface area contributed by atoms with Gasteiger partial charge >= 0.3 is 11.9 Å². The number of nitrogens with one attached hydrogen (secondary N) is 2. The second-order valence-corrected chi connectivity index (χ2v) is 8.34. The van der Waals surface area contributed by atoms with Crippen molar-refractivity contribution in [2.45, 2.75) is 96.4 Å². The van der Waals surface area contributed by atoms with Crippen LogP contribution in [0.3, 0.4) is 0 Å². The first-order chi connectivity index (χ1) is 14.3. The molecule has 8 heteroatoms. The van der Waals surface area contributed by atoms with Gasteiger partial charge < -0.3 is 19.4 Å². The van der Waals surface area contributed by atoms with Gasteiger partial charge in [-0.15, -0.1) is 0 Å². The predicted octanol–water partition coefficient (Wildman–Crippen LogP) is 1.39. The minimum Gasteiger partial charge on any atom is -0.550 e. The molecule has 0 aromatic carbocycles. The van der Waals surface area contributed by atoms with E-state index in [1.807, 2.05) is 14.0 Å². The summed E-state index contributed by atoms with van der Waals surface area (Å²) in [6.45, 7) is 5.17. The van der Waals surface area contributed by atoms with Crippen LogP contribution in [0, 0.1) is 0 Å². The zero-order valence-electron chi connectivity index (χ0n) is 19.0. The second-order valence-electron chi connectivity index (χ2n) is 8.34. The van der Waals surface area contributed by atoms with E-state index in [0.29, 0.717) is 6.04 Å². The van der Waals surface area contributed by atoms with Crippen LogP contribution in [0.2, 0.25) is 0 Å². The molecule has 8 nitrogen and oxygen atoms in total. The molecule has 3 heterocycles. The topological polar surface area (TPSA) is 103 Å². The number of ether oxygens (including phenoxy) is 2. The van der Waals surface area contributed by atoms with Crippen molar-refractivity contribution in [3.8, 4) is 0 Å². The van der Waals surface area contributed by atoms with Gasteiger partial charge in [-0.3, -0.25) is 4.58 Å². The lowest BCUT2D eigenvalue weighted by Gasteiger charge is -2.40. The summed E-state index contributed by atoms with van der Waals surface area (Å²) in [7, 11) is 3.27. The molecule has 0 aromatic heterocycles. The Labute approximate surface area is 179 Å². The molecule has 3 rings (SSSR count). The van der Waals surface area contributed by atoms with Crippen molar-refractivity contribution >= 4 is 17.9 Å². The fraction of sp³-hybridized carbons (Fsp3) is 0.773. The number of hydrogen-bond acceptors (Lipinski definition) is 7. The number of guanidine groups is 1. The van der Waals surface area contributed by atoms with E-state index in [1.165, 1.54) is 39.2 Å².